The van der Waals surface area contributed by atoms with E-state index in [-0.39, 0.29) is 24.4 Å². The molecule has 0 radical (unpaired) electrons. The fraction of sp³-hybridized carbons (Fsp3) is 0.609. The molecular weight excluding hydrogens is 412 g/mol. The molecule has 2 heterocycles. The van der Waals surface area contributed by atoms with Crippen LogP contribution in [-0.4, -0.2) is 49.7 Å². The highest BCUT2D eigenvalue weighted by Gasteiger charge is 2.29. The molecule has 172 valence electrons. The lowest BCUT2D eigenvalue weighted by molar-refractivity contribution is -0.145. The van der Waals surface area contributed by atoms with Crippen LogP contribution in [0.3, 0.4) is 0 Å². The van der Waals surface area contributed by atoms with Crippen molar-refractivity contribution in [1.29, 1.82) is 0 Å². The molecule has 4 rings (SSSR count). The van der Waals surface area contributed by atoms with E-state index in [9.17, 15) is 14.7 Å². The van der Waals surface area contributed by atoms with Gasteiger partial charge in [-0.2, -0.15) is 0 Å². The van der Waals surface area contributed by atoms with Crippen molar-refractivity contribution in [2.75, 3.05) is 6.61 Å². The van der Waals surface area contributed by atoms with Gasteiger partial charge in [0.2, 0.25) is 0 Å². The summed E-state index contributed by atoms with van der Waals surface area (Å²) in [6, 6.07) is 3.63. The van der Waals surface area contributed by atoms with Crippen molar-refractivity contribution in [2.45, 2.75) is 64.4 Å². The highest BCUT2D eigenvalue weighted by molar-refractivity contribution is 5.75. The van der Waals surface area contributed by atoms with E-state index >= 15 is 0 Å². The number of carboxylic acid groups (broad SMARTS) is 1. The third-order valence-electron chi connectivity index (χ3n) is 6.51. The molecular formula is C23H30N4O5. The number of rotatable bonds is 8. The fourth-order valence-electron chi connectivity index (χ4n) is 4.29. The summed E-state index contributed by atoms with van der Waals surface area (Å²) in [7, 11) is 1.75. The zero-order valence-electron chi connectivity index (χ0n) is 18.6. The summed E-state index contributed by atoms with van der Waals surface area (Å²) < 4.78 is 13.1. The van der Waals surface area contributed by atoms with E-state index in [1.165, 1.54) is 6.42 Å². The highest BCUT2D eigenvalue weighted by Crippen LogP contribution is 2.31. The average molecular weight is 443 g/mol. The first-order chi connectivity index (χ1) is 15.4. The molecule has 0 spiro atoms. The van der Waals surface area contributed by atoms with E-state index in [1.54, 1.807) is 17.8 Å². The number of esters is 1. The number of aliphatic carboxylic acids is 1. The van der Waals surface area contributed by atoms with Crippen LogP contribution in [0.15, 0.2) is 12.1 Å². The normalized spacial score (nSPS) is 21.1. The first-order valence-corrected chi connectivity index (χ1v) is 11.3. The number of aromatic nitrogens is 4. The largest absolute Gasteiger partial charge is 0.489 e. The quantitative estimate of drug-likeness (QED) is 0.620. The van der Waals surface area contributed by atoms with E-state index in [0.29, 0.717) is 53.9 Å². The molecule has 0 aromatic carbocycles. The molecule has 2 aromatic rings. The van der Waals surface area contributed by atoms with Crippen LogP contribution in [-0.2, 0) is 27.8 Å². The second kappa shape index (κ2) is 9.67. The van der Waals surface area contributed by atoms with Crippen molar-refractivity contribution >= 4 is 11.9 Å². The standard InChI is InChI=1S/C23H30N4O5/c1-14-20(32-17-8-4-7-16(11-17)23(29)30)10-9-18(24-14)22-19(27(2)26-25-22)12-21(28)31-13-15-5-3-6-15/h9-10,15-17H,3-8,11-13H2,1-2H3,(H,29,30)/t16-,17-/m0/s1. The summed E-state index contributed by atoms with van der Waals surface area (Å²) in [5.74, 6) is -0.270. The Morgan fingerprint density at radius 1 is 1.19 bits per heavy atom. The predicted molar refractivity (Wildman–Crippen MR) is 115 cm³/mol. The van der Waals surface area contributed by atoms with Crippen molar-refractivity contribution in [3.8, 4) is 17.1 Å². The second-order valence-corrected chi connectivity index (χ2v) is 8.89. The van der Waals surface area contributed by atoms with Gasteiger partial charge >= 0.3 is 11.9 Å². The highest BCUT2D eigenvalue weighted by atomic mass is 16.5. The zero-order valence-corrected chi connectivity index (χ0v) is 18.6. The number of aryl methyl sites for hydroxylation is 2. The van der Waals surface area contributed by atoms with Crippen LogP contribution in [0.25, 0.3) is 11.4 Å². The Morgan fingerprint density at radius 3 is 2.66 bits per heavy atom. The van der Waals surface area contributed by atoms with Crippen molar-refractivity contribution in [3.63, 3.8) is 0 Å². The Morgan fingerprint density at radius 2 is 1.97 bits per heavy atom. The molecule has 2 saturated carbocycles. The molecule has 9 nitrogen and oxygen atoms in total. The predicted octanol–water partition coefficient (Wildman–Crippen LogP) is 3.09. The summed E-state index contributed by atoms with van der Waals surface area (Å²) in [6.07, 6.45) is 6.30. The van der Waals surface area contributed by atoms with E-state index in [2.05, 4.69) is 15.3 Å². The molecule has 2 fully saturated rings. The zero-order chi connectivity index (χ0) is 22.7. The number of nitrogens with zero attached hydrogens (tertiary/aromatic N) is 4. The maximum atomic E-state index is 12.3. The number of hydrogen-bond donors (Lipinski definition) is 1. The number of carbonyl (C=O) groups is 2. The lowest BCUT2D eigenvalue weighted by Crippen LogP contribution is -2.29. The van der Waals surface area contributed by atoms with Crippen molar-refractivity contribution in [2.24, 2.45) is 18.9 Å². The van der Waals surface area contributed by atoms with Gasteiger partial charge in [-0.05, 0) is 63.5 Å². The van der Waals surface area contributed by atoms with Gasteiger partial charge in [-0.25, -0.2) is 4.98 Å². The lowest BCUT2D eigenvalue weighted by atomic mass is 9.86. The molecule has 0 amide bonds. The SMILES string of the molecule is Cc1nc(-c2nnn(C)c2CC(=O)OCC2CCC2)ccc1O[C@H]1CCC[C@H](C(=O)O)C1. The number of hydrogen-bond acceptors (Lipinski definition) is 7. The van der Waals surface area contributed by atoms with Crippen LogP contribution < -0.4 is 4.74 Å². The van der Waals surface area contributed by atoms with Gasteiger partial charge in [0.1, 0.15) is 11.4 Å². The molecule has 2 aliphatic carbocycles. The summed E-state index contributed by atoms with van der Waals surface area (Å²) in [5, 5.41) is 17.6. The number of carbonyl (C=O) groups excluding carboxylic acids is 1. The Balaban J connectivity index is 1.43. The lowest BCUT2D eigenvalue weighted by Gasteiger charge is -2.27. The van der Waals surface area contributed by atoms with E-state index in [4.69, 9.17) is 9.47 Å². The Hall–Kier alpha value is -2.97. The number of pyridine rings is 1. The van der Waals surface area contributed by atoms with Gasteiger partial charge in [-0.15, -0.1) is 5.10 Å². The molecule has 0 bridgehead atoms. The van der Waals surface area contributed by atoms with E-state index < -0.39 is 5.97 Å². The molecule has 0 unspecified atom stereocenters. The Labute approximate surface area is 187 Å². The van der Waals surface area contributed by atoms with Crippen LogP contribution in [0.5, 0.6) is 5.75 Å². The third kappa shape index (κ3) is 5.08. The van der Waals surface area contributed by atoms with Crippen LogP contribution in [0, 0.1) is 18.8 Å². The monoisotopic (exact) mass is 442 g/mol. The fourth-order valence-corrected chi connectivity index (χ4v) is 4.29. The molecule has 9 heteroatoms. The van der Waals surface area contributed by atoms with Gasteiger partial charge in [0.05, 0.1) is 42.1 Å². The van der Waals surface area contributed by atoms with E-state index in [0.717, 1.165) is 25.7 Å². The molecule has 2 aromatic heterocycles. The summed E-state index contributed by atoms with van der Waals surface area (Å²) in [4.78, 5) is 28.3. The summed E-state index contributed by atoms with van der Waals surface area (Å²) in [6.45, 7) is 2.33. The first-order valence-electron chi connectivity index (χ1n) is 11.3. The Bertz CT molecular complexity index is 985. The van der Waals surface area contributed by atoms with Crippen molar-refractivity contribution in [3.05, 3.63) is 23.5 Å². The van der Waals surface area contributed by atoms with Gasteiger partial charge in [-0.3, -0.25) is 14.3 Å². The summed E-state index contributed by atoms with van der Waals surface area (Å²) >= 11 is 0. The van der Waals surface area contributed by atoms with Crippen LogP contribution >= 0.6 is 0 Å². The van der Waals surface area contributed by atoms with Crippen LogP contribution in [0.4, 0.5) is 0 Å². The topological polar surface area (TPSA) is 116 Å². The maximum absolute atomic E-state index is 12.3. The average Bonchev–Trinajstić information content (AvgIpc) is 3.09. The first kappa shape index (κ1) is 22.2. The smallest absolute Gasteiger partial charge is 0.311 e. The molecule has 2 aliphatic rings. The minimum atomic E-state index is -0.759. The van der Waals surface area contributed by atoms with Crippen molar-refractivity contribution in [1.82, 2.24) is 20.0 Å². The molecule has 1 N–H and O–H groups in total. The maximum Gasteiger partial charge on any atom is 0.311 e. The molecule has 0 saturated heterocycles. The Kier molecular flexibility index (Phi) is 6.72. The van der Waals surface area contributed by atoms with Gasteiger partial charge in [0.15, 0.2) is 0 Å². The van der Waals surface area contributed by atoms with Crippen molar-refractivity contribution < 1.29 is 24.2 Å². The minimum Gasteiger partial charge on any atom is -0.489 e. The minimum absolute atomic E-state index is 0.0865. The number of ether oxygens (including phenoxy) is 2. The van der Waals surface area contributed by atoms with Gasteiger partial charge in [0, 0.05) is 7.05 Å². The third-order valence-corrected chi connectivity index (χ3v) is 6.51. The van der Waals surface area contributed by atoms with Gasteiger partial charge < -0.3 is 14.6 Å². The summed E-state index contributed by atoms with van der Waals surface area (Å²) in [5.41, 5.74) is 2.49. The molecule has 32 heavy (non-hydrogen) atoms. The molecule has 0 aliphatic heterocycles. The van der Waals surface area contributed by atoms with E-state index in [1.807, 2.05) is 13.0 Å². The second-order valence-electron chi connectivity index (χ2n) is 8.89. The molecule has 2 atom stereocenters. The van der Waals surface area contributed by atoms with Crippen LogP contribution in [0.2, 0.25) is 0 Å². The van der Waals surface area contributed by atoms with Gasteiger partial charge in [0.25, 0.3) is 0 Å². The van der Waals surface area contributed by atoms with Crippen LogP contribution in [0.1, 0.15) is 56.3 Å². The number of carboxylic acids is 1. The van der Waals surface area contributed by atoms with Gasteiger partial charge in [-0.1, -0.05) is 11.6 Å².